The fraction of sp³-hybridized carbons (Fsp3) is 0.0667. The van der Waals surface area contributed by atoms with E-state index in [9.17, 15) is 4.39 Å². The van der Waals surface area contributed by atoms with E-state index in [2.05, 4.69) is 11.1 Å². The second kappa shape index (κ2) is 5.78. The van der Waals surface area contributed by atoms with Crippen LogP contribution in [0.4, 0.5) is 4.39 Å². The average molecular weight is 254 g/mol. The third-order valence-corrected chi connectivity index (χ3v) is 2.55. The lowest BCUT2D eigenvalue weighted by molar-refractivity contribution is 0.386. The molecule has 1 heterocycles. The Morgan fingerprint density at radius 3 is 2.79 bits per heavy atom. The molecule has 0 spiro atoms. The van der Waals surface area contributed by atoms with Crippen LogP contribution in [0.15, 0.2) is 42.6 Å². The molecule has 0 aliphatic carbocycles. The summed E-state index contributed by atoms with van der Waals surface area (Å²) in [5.41, 5.74) is 1.52. The van der Waals surface area contributed by atoms with Crippen LogP contribution in [0.1, 0.15) is 11.3 Å². The number of hydrogen-bond donors (Lipinski definition) is 0. The topological polar surface area (TPSA) is 45.9 Å². The zero-order valence-electron chi connectivity index (χ0n) is 10.3. The molecule has 94 valence electrons. The number of pyridine rings is 1. The van der Waals surface area contributed by atoms with E-state index in [1.807, 2.05) is 0 Å². The van der Waals surface area contributed by atoms with E-state index in [4.69, 9.17) is 10.00 Å². The summed E-state index contributed by atoms with van der Waals surface area (Å²) in [6, 6.07) is 11.9. The predicted octanol–water partition coefficient (Wildman–Crippen LogP) is 3.29. The molecule has 1 aromatic heterocycles. The highest BCUT2D eigenvalue weighted by Crippen LogP contribution is 2.21. The van der Waals surface area contributed by atoms with Crippen molar-refractivity contribution in [1.82, 2.24) is 4.98 Å². The first-order valence-corrected chi connectivity index (χ1v) is 5.61. The molecule has 0 N–H and O–H groups in total. The molecular weight excluding hydrogens is 243 g/mol. The van der Waals surface area contributed by atoms with Crippen molar-refractivity contribution in [2.75, 3.05) is 7.11 Å². The highest BCUT2D eigenvalue weighted by Gasteiger charge is 2.05. The van der Waals surface area contributed by atoms with E-state index < -0.39 is 5.82 Å². The van der Waals surface area contributed by atoms with Crippen molar-refractivity contribution >= 4 is 11.6 Å². The third-order valence-electron chi connectivity index (χ3n) is 2.55. The Hall–Kier alpha value is -2.67. The summed E-state index contributed by atoms with van der Waals surface area (Å²) in [6.45, 7) is 0. The lowest BCUT2D eigenvalue weighted by Gasteiger charge is -2.03. The van der Waals surface area contributed by atoms with Crippen molar-refractivity contribution in [3.63, 3.8) is 0 Å². The number of rotatable bonds is 3. The van der Waals surface area contributed by atoms with Gasteiger partial charge in [0.2, 0.25) is 0 Å². The van der Waals surface area contributed by atoms with Crippen molar-refractivity contribution in [2.24, 2.45) is 0 Å². The van der Waals surface area contributed by atoms with E-state index in [1.165, 1.54) is 19.2 Å². The van der Waals surface area contributed by atoms with Crippen LogP contribution in [-0.4, -0.2) is 12.1 Å². The van der Waals surface area contributed by atoms with Crippen LogP contribution in [0.5, 0.6) is 5.75 Å². The smallest absolute Gasteiger partial charge is 0.165 e. The molecule has 4 heteroatoms. The number of ether oxygens (including phenoxy) is 1. The summed E-state index contributed by atoms with van der Waals surface area (Å²) >= 11 is 0. The first-order chi connectivity index (χ1) is 9.24. The normalized spacial score (nSPS) is 10.9. The molecular formula is C15H11FN2O. The van der Waals surface area contributed by atoms with Gasteiger partial charge in [0.05, 0.1) is 18.4 Å². The second-order valence-corrected chi connectivity index (χ2v) is 3.78. The number of hydrogen-bond acceptors (Lipinski definition) is 3. The Bertz CT molecular complexity index is 645. The summed E-state index contributed by atoms with van der Waals surface area (Å²) in [4.78, 5) is 4.09. The van der Waals surface area contributed by atoms with E-state index in [-0.39, 0.29) is 5.75 Å². The molecule has 2 rings (SSSR count). The number of methoxy groups -OCH3 is 1. The minimum absolute atomic E-state index is 0.175. The molecule has 2 aromatic rings. The van der Waals surface area contributed by atoms with Gasteiger partial charge in [-0.2, -0.15) is 5.26 Å². The maximum atomic E-state index is 13.6. The monoisotopic (exact) mass is 254 g/mol. The first-order valence-electron chi connectivity index (χ1n) is 5.61. The molecule has 0 saturated heterocycles. The van der Waals surface area contributed by atoms with Gasteiger partial charge < -0.3 is 4.74 Å². The number of nitrogens with zero attached hydrogens (tertiary/aromatic N) is 2. The summed E-state index contributed by atoms with van der Waals surface area (Å²) in [5.74, 6) is -0.289. The van der Waals surface area contributed by atoms with Gasteiger partial charge in [0, 0.05) is 6.20 Å². The fourth-order valence-corrected chi connectivity index (χ4v) is 1.62. The van der Waals surface area contributed by atoms with Crippen molar-refractivity contribution in [3.05, 3.63) is 59.7 Å². The maximum absolute atomic E-state index is 13.6. The summed E-state index contributed by atoms with van der Waals surface area (Å²) in [5, 5.41) is 9.13. The predicted molar refractivity (Wildman–Crippen MR) is 70.7 cm³/mol. The van der Waals surface area contributed by atoms with Crippen LogP contribution in [0.25, 0.3) is 11.6 Å². The van der Waals surface area contributed by atoms with Gasteiger partial charge in [-0.15, -0.1) is 0 Å². The van der Waals surface area contributed by atoms with E-state index in [1.54, 1.807) is 36.5 Å². The number of aromatic nitrogens is 1. The minimum atomic E-state index is -0.463. The van der Waals surface area contributed by atoms with Crippen molar-refractivity contribution < 1.29 is 9.13 Å². The molecule has 1 aromatic carbocycles. The van der Waals surface area contributed by atoms with Gasteiger partial charge in [0.25, 0.3) is 0 Å². The molecule has 0 fully saturated rings. The lowest BCUT2D eigenvalue weighted by Crippen LogP contribution is -1.89. The largest absolute Gasteiger partial charge is 0.494 e. The summed E-state index contributed by atoms with van der Waals surface area (Å²) in [6.07, 6.45) is 3.19. The van der Waals surface area contributed by atoms with Gasteiger partial charge in [-0.3, -0.25) is 4.98 Å². The summed E-state index contributed by atoms with van der Waals surface area (Å²) in [7, 11) is 1.41. The van der Waals surface area contributed by atoms with E-state index in [0.29, 0.717) is 16.8 Å². The van der Waals surface area contributed by atoms with Crippen molar-refractivity contribution in [3.8, 4) is 11.8 Å². The molecule has 0 bridgehead atoms. The summed E-state index contributed by atoms with van der Waals surface area (Å²) < 4.78 is 18.4. The minimum Gasteiger partial charge on any atom is -0.494 e. The standard InChI is InChI=1S/C15H11FN2O/c1-19-15-6-5-11(9-13(15)16)8-12(10-17)14-4-2-3-7-18-14/h2-9H,1H3. The molecule has 0 amide bonds. The molecule has 0 aliphatic heterocycles. The van der Waals surface area contributed by atoms with Gasteiger partial charge in [-0.05, 0) is 35.9 Å². The number of benzene rings is 1. The highest BCUT2D eigenvalue weighted by molar-refractivity contribution is 5.88. The molecule has 3 nitrogen and oxygen atoms in total. The Balaban J connectivity index is 2.39. The highest BCUT2D eigenvalue weighted by atomic mass is 19.1. The average Bonchev–Trinajstić information content (AvgIpc) is 2.46. The van der Waals surface area contributed by atoms with Crippen LogP contribution in [0.3, 0.4) is 0 Å². The zero-order valence-corrected chi connectivity index (χ0v) is 10.3. The third kappa shape index (κ3) is 2.96. The van der Waals surface area contributed by atoms with Gasteiger partial charge in [0.1, 0.15) is 6.07 Å². The van der Waals surface area contributed by atoms with Gasteiger partial charge in [-0.1, -0.05) is 12.1 Å². The lowest BCUT2D eigenvalue weighted by atomic mass is 10.1. The van der Waals surface area contributed by atoms with Crippen molar-refractivity contribution in [1.29, 1.82) is 5.26 Å². The van der Waals surface area contributed by atoms with Gasteiger partial charge >= 0.3 is 0 Å². The molecule has 0 radical (unpaired) electrons. The Kier molecular flexibility index (Phi) is 3.89. The van der Waals surface area contributed by atoms with E-state index >= 15 is 0 Å². The number of nitriles is 1. The molecule has 0 aliphatic rings. The number of allylic oxidation sites excluding steroid dienone is 1. The van der Waals surface area contributed by atoms with Gasteiger partial charge in [0.15, 0.2) is 11.6 Å². The van der Waals surface area contributed by atoms with Crippen LogP contribution in [-0.2, 0) is 0 Å². The van der Waals surface area contributed by atoms with Crippen LogP contribution in [0.2, 0.25) is 0 Å². The molecule has 0 saturated carbocycles. The van der Waals surface area contributed by atoms with Crippen LogP contribution in [0, 0.1) is 17.1 Å². The Morgan fingerprint density at radius 1 is 1.37 bits per heavy atom. The quantitative estimate of drug-likeness (QED) is 0.789. The van der Waals surface area contributed by atoms with Crippen molar-refractivity contribution in [2.45, 2.75) is 0 Å². The molecule has 0 atom stereocenters. The molecule has 19 heavy (non-hydrogen) atoms. The maximum Gasteiger partial charge on any atom is 0.165 e. The Labute approximate surface area is 110 Å². The number of halogens is 1. The molecule has 0 unspecified atom stereocenters. The zero-order chi connectivity index (χ0) is 13.7. The van der Waals surface area contributed by atoms with Gasteiger partial charge in [-0.25, -0.2) is 4.39 Å². The SMILES string of the molecule is COc1ccc(C=C(C#N)c2ccccn2)cc1F. The fourth-order valence-electron chi connectivity index (χ4n) is 1.62. The van der Waals surface area contributed by atoms with Crippen LogP contribution < -0.4 is 4.74 Å². The Morgan fingerprint density at radius 2 is 2.21 bits per heavy atom. The van der Waals surface area contributed by atoms with E-state index in [0.717, 1.165) is 0 Å². The van der Waals surface area contributed by atoms with Crippen LogP contribution >= 0.6 is 0 Å². The first kappa shape index (κ1) is 12.8. The second-order valence-electron chi connectivity index (χ2n) is 3.78.